The summed E-state index contributed by atoms with van der Waals surface area (Å²) in [5, 5.41) is 12.1. The molecule has 0 unspecified atom stereocenters. The molecule has 8 heteroatoms. The van der Waals surface area contributed by atoms with Crippen LogP contribution in [0.4, 0.5) is 0 Å². The molecule has 0 aromatic heterocycles. The third-order valence-electron chi connectivity index (χ3n) is 6.47. The zero-order valence-electron chi connectivity index (χ0n) is 18.6. The summed E-state index contributed by atoms with van der Waals surface area (Å²) in [6, 6.07) is 4.61. The number of benzene rings is 1. The largest absolute Gasteiger partial charge is 0.462 e. The Morgan fingerprint density at radius 1 is 0.906 bits per heavy atom. The van der Waals surface area contributed by atoms with Crippen LogP contribution in [0.3, 0.4) is 0 Å². The van der Waals surface area contributed by atoms with Crippen molar-refractivity contribution in [2.45, 2.75) is 88.4 Å². The monoisotopic (exact) mass is 466 g/mol. The van der Waals surface area contributed by atoms with Crippen LogP contribution in [0, 0.1) is 11.8 Å². The highest BCUT2D eigenvalue weighted by Gasteiger charge is 2.18. The number of hydrogen-bond acceptors (Lipinski definition) is 8. The molecule has 7 nitrogen and oxygen atoms in total. The van der Waals surface area contributed by atoms with Gasteiger partial charge in [0.15, 0.2) is 0 Å². The van der Waals surface area contributed by atoms with Crippen LogP contribution in [0.15, 0.2) is 23.1 Å². The molecular weight excluding hydrogens is 432 g/mol. The van der Waals surface area contributed by atoms with E-state index in [2.05, 4.69) is 9.37 Å². The predicted octanol–water partition coefficient (Wildman–Crippen LogP) is 6.51. The summed E-state index contributed by atoms with van der Waals surface area (Å²) >= 11 is 0.705. The molecule has 3 rings (SSSR count). The summed E-state index contributed by atoms with van der Waals surface area (Å²) in [5.41, 5.74) is 0.260. The second kappa shape index (κ2) is 13.8. The van der Waals surface area contributed by atoms with E-state index in [0.29, 0.717) is 41.8 Å². The van der Waals surface area contributed by atoms with Crippen molar-refractivity contribution in [3.63, 3.8) is 0 Å². The molecule has 2 aliphatic carbocycles. The van der Waals surface area contributed by atoms with Gasteiger partial charge in [0.2, 0.25) is 0 Å². The zero-order chi connectivity index (χ0) is 22.6. The van der Waals surface area contributed by atoms with Gasteiger partial charge in [-0.2, -0.15) is 0 Å². The third-order valence-corrected chi connectivity index (χ3v) is 7.03. The number of carbonyl (C=O) groups excluding carboxylic acids is 2. The quantitative estimate of drug-likeness (QED) is 0.130. The zero-order valence-corrected chi connectivity index (χ0v) is 19.4. The minimum Gasteiger partial charge on any atom is -0.462 e. The summed E-state index contributed by atoms with van der Waals surface area (Å²) < 4.78 is 15.4. The van der Waals surface area contributed by atoms with E-state index in [1.807, 2.05) is 0 Å². The number of ether oxygens (including phenoxy) is 2. The van der Waals surface area contributed by atoms with Gasteiger partial charge in [0, 0.05) is 11.3 Å². The minimum atomic E-state index is -0.479. The normalized spacial score (nSPS) is 17.8. The number of hydrogen-bond donors (Lipinski definition) is 1. The summed E-state index contributed by atoms with van der Waals surface area (Å²) in [6.45, 7) is 0.369. The van der Waals surface area contributed by atoms with Gasteiger partial charge in [-0.3, -0.25) is 4.79 Å². The van der Waals surface area contributed by atoms with Crippen LogP contribution in [0.25, 0.3) is 0 Å². The van der Waals surface area contributed by atoms with E-state index < -0.39 is 5.97 Å². The van der Waals surface area contributed by atoms with Gasteiger partial charge in [-0.25, -0.2) is 10.1 Å². The predicted molar refractivity (Wildman–Crippen MR) is 120 cm³/mol. The van der Waals surface area contributed by atoms with Crippen molar-refractivity contribution in [2.75, 3.05) is 6.61 Å². The molecule has 32 heavy (non-hydrogen) atoms. The highest BCUT2D eigenvalue weighted by Crippen LogP contribution is 2.30. The lowest BCUT2D eigenvalue weighted by atomic mass is 9.86. The first-order valence-corrected chi connectivity index (χ1v) is 12.6. The topological polar surface area (TPSA) is 91.3 Å². The second-order valence-electron chi connectivity index (χ2n) is 8.86. The lowest BCUT2D eigenvalue weighted by molar-refractivity contribution is -0.432. The van der Waals surface area contributed by atoms with E-state index >= 15 is 0 Å². The molecule has 1 aromatic carbocycles. The Morgan fingerprint density at radius 2 is 1.56 bits per heavy atom. The van der Waals surface area contributed by atoms with Crippen molar-refractivity contribution in [2.24, 2.45) is 11.8 Å². The van der Waals surface area contributed by atoms with Crippen molar-refractivity contribution in [3.8, 4) is 5.75 Å². The molecule has 2 aliphatic rings. The molecule has 178 valence electrons. The van der Waals surface area contributed by atoms with Crippen LogP contribution in [0.2, 0.25) is 0 Å². The van der Waals surface area contributed by atoms with Gasteiger partial charge < -0.3 is 9.47 Å². The fourth-order valence-corrected chi connectivity index (χ4v) is 5.16. The van der Waals surface area contributed by atoms with E-state index in [1.165, 1.54) is 70.3 Å². The van der Waals surface area contributed by atoms with Crippen molar-refractivity contribution < 1.29 is 33.7 Å². The summed E-state index contributed by atoms with van der Waals surface area (Å²) in [5.74, 6) is 0.642. The van der Waals surface area contributed by atoms with Crippen LogP contribution in [-0.2, 0) is 18.9 Å². The van der Waals surface area contributed by atoms with E-state index in [0.717, 1.165) is 12.8 Å². The number of rotatable bonds is 11. The van der Waals surface area contributed by atoms with Crippen LogP contribution in [-0.4, -0.2) is 23.8 Å². The van der Waals surface area contributed by atoms with Gasteiger partial charge in [0.25, 0.3) is 0 Å². The molecule has 0 bridgehead atoms. The van der Waals surface area contributed by atoms with Crippen LogP contribution < -0.4 is 4.74 Å². The van der Waals surface area contributed by atoms with E-state index in [4.69, 9.17) is 14.7 Å². The average molecular weight is 467 g/mol. The summed E-state index contributed by atoms with van der Waals surface area (Å²) in [4.78, 5) is 25.4. The minimum absolute atomic E-state index is 0.240. The van der Waals surface area contributed by atoms with Gasteiger partial charge >= 0.3 is 11.9 Å². The Bertz CT molecular complexity index is 727. The van der Waals surface area contributed by atoms with Gasteiger partial charge in [0.1, 0.15) is 5.75 Å². The Balaban J connectivity index is 1.54. The van der Waals surface area contributed by atoms with Crippen molar-refractivity contribution in [1.82, 2.24) is 0 Å². The Morgan fingerprint density at radius 3 is 2.22 bits per heavy atom. The maximum Gasteiger partial charge on any atom is 0.338 e. The Kier molecular flexibility index (Phi) is 10.8. The first kappa shape index (κ1) is 25.0. The molecule has 1 aromatic rings. The van der Waals surface area contributed by atoms with Gasteiger partial charge in [-0.1, -0.05) is 69.2 Å². The third kappa shape index (κ3) is 8.73. The van der Waals surface area contributed by atoms with Gasteiger partial charge in [-0.15, -0.1) is 4.33 Å². The average Bonchev–Trinajstić information content (AvgIpc) is 2.82. The molecular formula is C24H34O7S. The molecule has 0 radical (unpaired) electrons. The lowest BCUT2D eigenvalue weighted by Crippen LogP contribution is -2.14. The Labute approximate surface area is 194 Å². The molecule has 0 heterocycles. The summed E-state index contributed by atoms with van der Waals surface area (Å²) in [6.07, 6.45) is 14.3. The first-order valence-electron chi connectivity index (χ1n) is 11.8. The Hall–Kier alpha value is -1.61. The molecule has 0 aliphatic heterocycles. The SMILES string of the molecule is O=C(CCC1CCCCC1)Oc1cc(SOOO)cc(C(=O)OCCC2CCCCC2)c1. The van der Waals surface area contributed by atoms with Crippen LogP contribution in [0.1, 0.15) is 93.8 Å². The molecule has 2 fully saturated rings. The van der Waals surface area contributed by atoms with E-state index in [9.17, 15) is 9.59 Å². The first-order chi connectivity index (χ1) is 15.6. The number of carbonyl (C=O) groups is 2. The molecule has 0 amide bonds. The van der Waals surface area contributed by atoms with Crippen LogP contribution in [0.5, 0.6) is 5.75 Å². The van der Waals surface area contributed by atoms with Crippen LogP contribution >= 0.6 is 12.0 Å². The molecule has 2 saturated carbocycles. The van der Waals surface area contributed by atoms with Crippen molar-refractivity contribution in [3.05, 3.63) is 23.8 Å². The molecule has 0 saturated heterocycles. The molecule has 0 atom stereocenters. The summed E-state index contributed by atoms with van der Waals surface area (Å²) in [7, 11) is 0. The number of esters is 2. The highest BCUT2D eigenvalue weighted by atomic mass is 32.2. The second-order valence-corrected chi connectivity index (χ2v) is 9.64. The van der Waals surface area contributed by atoms with E-state index in [-0.39, 0.29) is 17.3 Å². The fourth-order valence-electron chi connectivity index (χ4n) is 4.71. The standard InChI is InChI=1S/C24H34O7S/c25-23(12-11-18-7-3-1-4-8-18)29-21-15-20(16-22(17-21)32-31-30-27)24(26)28-14-13-19-9-5-2-6-10-19/h15-19,27H,1-14H2. The molecule has 1 N–H and O–H groups in total. The smallest absolute Gasteiger partial charge is 0.338 e. The van der Waals surface area contributed by atoms with E-state index in [1.54, 1.807) is 12.1 Å². The lowest BCUT2D eigenvalue weighted by Gasteiger charge is -2.21. The molecule has 0 spiro atoms. The van der Waals surface area contributed by atoms with Crippen molar-refractivity contribution >= 4 is 24.0 Å². The maximum atomic E-state index is 12.6. The van der Waals surface area contributed by atoms with Gasteiger partial charge in [0.05, 0.1) is 24.2 Å². The fraction of sp³-hybridized carbons (Fsp3) is 0.667. The van der Waals surface area contributed by atoms with Gasteiger partial charge in [-0.05, 0) is 42.9 Å². The highest BCUT2D eigenvalue weighted by molar-refractivity contribution is 7.94. The van der Waals surface area contributed by atoms with Crippen molar-refractivity contribution in [1.29, 1.82) is 0 Å². The maximum absolute atomic E-state index is 12.6.